The van der Waals surface area contributed by atoms with Gasteiger partial charge in [0.1, 0.15) is 41.0 Å². The zero-order valence-electron chi connectivity index (χ0n) is 22.1. The Balaban J connectivity index is 1.17. The average molecular weight is 560 g/mol. The number of nitrogens with zero attached hydrogens (tertiary/aromatic N) is 7. The van der Waals surface area contributed by atoms with E-state index in [-0.39, 0.29) is 6.61 Å². The molecule has 0 radical (unpaired) electrons. The quantitative estimate of drug-likeness (QED) is 0.345. The largest absolute Gasteiger partial charge is 0.497 e. The lowest BCUT2D eigenvalue weighted by Crippen LogP contribution is -2.40. The molecule has 1 saturated heterocycles. The lowest BCUT2D eigenvalue weighted by atomic mass is 10.1. The van der Waals surface area contributed by atoms with Crippen molar-refractivity contribution in [2.75, 3.05) is 43.2 Å². The van der Waals surface area contributed by atoms with Crippen molar-refractivity contribution in [3.63, 3.8) is 0 Å². The van der Waals surface area contributed by atoms with Gasteiger partial charge in [-0.3, -0.25) is 0 Å². The number of rotatable bonds is 8. The van der Waals surface area contributed by atoms with Gasteiger partial charge in [-0.1, -0.05) is 12.1 Å². The Morgan fingerprint density at radius 1 is 1.15 bits per heavy atom. The molecule has 40 heavy (non-hydrogen) atoms. The molecule has 1 saturated carbocycles. The Bertz CT molecular complexity index is 1690. The zero-order chi connectivity index (χ0) is 27.7. The van der Waals surface area contributed by atoms with Crippen LogP contribution in [-0.2, 0) is 16.3 Å². The van der Waals surface area contributed by atoms with Crippen LogP contribution in [0.25, 0.3) is 16.8 Å². The van der Waals surface area contributed by atoms with Crippen LogP contribution in [-0.4, -0.2) is 72.8 Å². The molecule has 4 aromatic rings. The van der Waals surface area contributed by atoms with Crippen molar-refractivity contribution in [1.82, 2.24) is 19.6 Å². The Kier molecular flexibility index (Phi) is 6.77. The van der Waals surface area contributed by atoms with E-state index >= 15 is 0 Å². The summed E-state index contributed by atoms with van der Waals surface area (Å²) in [6.45, 7) is 1.75. The van der Waals surface area contributed by atoms with Crippen molar-refractivity contribution in [3.05, 3.63) is 66.1 Å². The van der Waals surface area contributed by atoms with E-state index in [2.05, 4.69) is 30.4 Å². The number of anilines is 1. The molecule has 0 amide bonds. The second-order valence-electron chi connectivity index (χ2n) is 10.1. The molecular formula is C28H29N7O4S. The molecule has 3 aromatic heterocycles. The van der Waals surface area contributed by atoms with Gasteiger partial charge < -0.3 is 19.5 Å². The second-order valence-corrected chi connectivity index (χ2v) is 12.7. The van der Waals surface area contributed by atoms with Crippen LogP contribution in [0.1, 0.15) is 24.0 Å². The number of aromatic nitrogens is 4. The Morgan fingerprint density at radius 3 is 2.58 bits per heavy atom. The topological polar surface area (TPSA) is 138 Å². The fourth-order valence-electron chi connectivity index (χ4n) is 4.56. The number of benzene rings is 1. The molecule has 2 aliphatic rings. The van der Waals surface area contributed by atoms with Crippen molar-refractivity contribution in [1.29, 1.82) is 5.26 Å². The van der Waals surface area contributed by atoms with Crippen LogP contribution >= 0.6 is 0 Å². The summed E-state index contributed by atoms with van der Waals surface area (Å²) in [4.78, 5) is 11.4. The van der Waals surface area contributed by atoms with Crippen molar-refractivity contribution in [2.45, 2.75) is 25.0 Å². The number of hydrogen-bond acceptors (Lipinski definition) is 10. The van der Waals surface area contributed by atoms with Crippen molar-refractivity contribution in [3.8, 4) is 29.0 Å². The first-order valence-corrected chi connectivity index (χ1v) is 14.9. The number of hydrogen-bond donors (Lipinski definition) is 1. The normalized spacial score (nSPS) is 17.3. The van der Waals surface area contributed by atoms with Crippen LogP contribution in [0.2, 0.25) is 0 Å². The highest BCUT2D eigenvalue weighted by Gasteiger charge is 2.41. The van der Waals surface area contributed by atoms with E-state index in [4.69, 9.17) is 9.47 Å². The highest BCUT2D eigenvalue weighted by Crippen LogP contribution is 2.36. The predicted octanol–water partition coefficient (Wildman–Crippen LogP) is 3.06. The van der Waals surface area contributed by atoms with Gasteiger partial charge in [0.2, 0.25) is 5.88 Å². The molecule has 12 heteroatoms. The molecule has 4 heterocycles. The molecule has 0 bridgehead atoms. The maximum atomic E-state index is 13.3. The average Bonchev–Trinajstić information content (AvgIpc) is 3.58. The first-order chi connectivity index (χ1) is 19.4. The fraction of sp³-hybridized carbons (Fsp3) is 0.357. The van der Waals surface area contributed by atoms with Gasteiger partial charge in [-0.25, -0.2) is 23.1 Å². The number of nitriles is 1. The monoisotopic (exact) mass is 559 g/mol. The molecule has 11 nitrogen and oxygen atoms in total. The first kappa shape index (κ1) is 26.0. The van der Waals surface area contributed by atoms with Gasteiger partial charge >= 0.3 is 0 Å². The second kappa shape index (κ2) is 10.4. The van der Waals surface area contributed by atoms with Gasteiger partial charge in [0.05, 0.1) is 41.4 Å². The molecule has 1 aliphatic heterocycles. The highest BCUT2D eigenvalue weighted by atomic mass is 32.2. The molecular weight excluding hydrogens is 530 g/mol. The van der Waals surface area contributed by atoms with Gasteiger partial charge in [0, 0.05) is 36.4 Å². The van der Waals surface area contributed by atoms with Crippen LogP contribution in [0.4, 0.5) is 5.82 Å². The van der Waals surface area contributed by atoms with E-state index in [1.807, 2.05) is 36.4 Å². The molecule has 1 aromatic carbocycles. The van der Waals surface area contributed by atoms with E-state index < -0.39 is 15.3 Å². The summed E-state index contributed by atoms with van der Waals surface area (Å²) in [6, 6.07) is 13.6. The predicted molar refractivity (Wildman–Crippen MR) is 150 cm³/mol. The van der Waals surface area contributed by atoms with Gasteiger partial charge in [-0.05, 0) is 42.7 Å². The Hall–Kier alpha value is -4.21. The Labute approximate surface area is 232 Å². The zero-order valence-corrected chi connectivity index (χ0v) is 22.9. The number of fused-ring (bicyclic) bond motifs is 1. The summed E-state index contributed by atoms with van der Waals surface area (Å²) in [5.41, 5.74) is 2.39. The van der Waals surface area contributed by atoms with Crippen LogP contribution in [0.5, 0.6) is 11.6 Å². The lowest BCUT2D eigenvalue weighted by molar-refractivity contribution is 0.0831. The summed E-state index contributed by atoms with van der Waals surface area (Å²) in [5.74, 6) is 2.81. The SMILES string of the molecule is COc1ccc(CN=S2(=O)CCN(c3ccc(-c4nc(OCC5(O)CC5)cn5ncc(C#N)c45)cn3)CC2)cc1. The maximum Gasteiger partial charge on any atom is 0.233 e. The smallest absolute Gasteiger partial charge is 0.233 e. The van der Waals surface area contributed by atoms with Crippen LogP contribution in [0.3, 0.4) is 0 Å². The summed E-state index contributed by atoms with van der Waals surface area (Å²) < 4.78 is 30.4. The fourth-order valence-corrected chi connectivity index (χ4v) is 6.41. The van der Waals surface area contributed by atoms with Gasteiger partial charge in [0.25, 0.3) is 0 Å². The standard InChI is InChI=1S/C28H29N7O4S/c1-38-23-5-2-20(3-6-23)15-32-40(37)12-10-34(11-13-40)24-7-4-21(16-30-24)26-27-22(14-29)17-31-35(27)18-25(33-26)39-19-28(36)8-9-28/h2-7,16-18,36H,8-13,15,19H2,1H3. The number of pyridine rings is 1. The molecule has 1 aliphatic carbocycles. The van der Waals surface area contributed by atoms with Crippen LogP contribution in [0, 0.1) is 11.3 Å². The summed E-state index contributed by atoms with van der Waals surface area (Å²) in [7, 11) is -0.669. The maximum absolute atomic E-state index is 13.3. The molecule has 1 N–H and O–H groups in total. The highest BCUT2D eigenvalue weighted by molar-refractivity contribution is 7.93. The lowest BCUT2D eigenvalue weighted by Gasteiger charge is -2.29. The van der Waals surface area contributed by atoms with Gasteiger partial charge in [-0.2, -0.15) is 10.4 Å². The van der Waals surface area contributed by atoms with Crippen molar-refractivity contribution < 1.29 is 18.8 Å². The Morgan fingerprint density at radius 2 is 1.93 bits per heavy atom. The molecule has 0 atom stereocenters. The first-order valence-electron chi connectivity index (χ1n) is 13.0. The molecule has 6 rings (SSSR count). The van der Waals surface area contributed by atoms with E-state index in [9.17, 15) is 14.6 Å². The minimum atomic E-state index is -2.30. The summed E-state index contributed by atoms with van der Waals surface area (Å²) >= 11 is 0. The van der Waals surface area contributed by atoms with Crippen molar-refractivity contribution in [2.24, 2.45) is 4.36 Å². The van der Waals surface area contributed by atoms with Gasteiger partial charge in [-0.15, -0.1) is 0 Å². The van der Waals surface area contributed by atoms with Crippen LogP contribution < -0.4 is 14.4 Å². The summed E-state index contributed by atoms with van der Waals surface area (Å²) in [5, 5.41) is 24.1. The summed E-state index contributed by atoms with van der Waals surface area (Å²) in [6.07, 6.45) is 6.22. The minimum absolute atomic E-state index is 0.152. The number of ether oxygens (including phenoxy) is 2. The number of aliphatic hydroxyl groups is 1. The molecule has 0 unspecified atom stereocenters. The third-order valence-electron chi connectivity index (χ3n) is 7.26. The van der Waals surface area contributed by atoms with E-state index in [0.29, 0.717) is 72.2 Å². The molecule has 206 valence electrons. The van der Waals surface area contributed by atoms with Crippen LogP contribution in [0.15, 0.2) is 59.4 Å². The van der Waals surface area contributed by atoms with Gasteiger partial charge in [0.15, 0.2) is 0 Å². The third-order valence-corrected chi connectivity index (χ3v) is 9.50. The molecule has 0 spiro atoms. The third kappa shape index (κ3) is 5.43. The van der Waals surface area contributed by atoms with E-state index in [1.165, 1.54) is 6.20 Å². The molecule has 2 fully saturated rings. The van der Waals surface area contributed by atoms with E-state index in [1.54, 1.807) is 24.0 Å². The minimum Gasteiger partial charge on any atom is -0.497 e. The van der Waals surface area contributed by atoms with Crippen molar-refractivity contribution >= 4 is 21.1 Å². The van der Waals surface area contributed by atoms with E-state index in [0.717, 1.165) is 17.1 Å². The number of methoxy groups -OCH3 is 1.